The average molecular weight is 150 g/mol. The Bertz CT molecular complexity index is 172. The van der Waals surface area contributed by atoms with Crippen LogP contribution in [0.4, 0.5) is 0 Å². The van der Waals surface area contributed by atoms with Crippen molar-refractivity contribution in [3.8, 4) is 0 Å². The third kappa shape index (κ3) is 2.92. The average Bonchev–Trinajstić information content (AvgIpc) is 1.93. The van der Waals surface area contributed by atoms with Gasteiger partial charge < -0.3 is 0 Å². The highest BCUT2D eigenvalue weighted by Gasteiger charge is 2.04. The summed E-state index contributed by atoms with van der Waals surface area (Å²) in [5, 5.41) is 0. The molecule has 0 heterocycles. The monoisotopic (exact) mass is 150 g/mol. The lowest BCUT2D eigenvalue weighted by Gasteiger charge is -2.12. The molecule has 0 aromatic heterocycles. The quantitative estimate of drug-likeness (QED) is 0.564. The molecule has 0 fully saturated rings. The van der Waals surface area contributed by atoms with E-state index in [4.69, 9.17) is 0 Å². The molecular formula is C11H18. The van der Waals surface area contributed by atoms with E-state index in [1.165, 1.54) is 18.4 Å². The molecule has 0 N–H and O–H groups in total. The Labute approximate surface area is 70.0 Å². The topological polar surface area (TPSA) is 0 Å². The fourth-order valence-corrected chi connectivity index (χ4v) is 1.39. The molecule has 0 saturated heterocycles. The molecule has 0 heteroatoms. The van der Waals surface area contributed by atoms with Gasteiger partial charge in [0.1, 0.15) is 0 Å². The van der Waals surface area contributed by atoms with Gasteiger partial charge in [0.05, 0.1) is 0 Å². The Hall–Kier alpha value is -0.520. The highest BCUT2D eigenvalue weighted by molar-refractivity contribution is 5.23. The van der Waals surface area contributed by atoms with Gasteiger partial charge in [-0.3, -0.25) is 0 Å². The second kappa shape index (κ2) is 3.75. The molecule has 0 radical (unpaired) electrons. The van der Waals surface area contributed by atoms with Crippen LogP contribution in [0.5, 0.6) is 0 Å². The van der Waals surface area contributed by atoms with Crippen LogP contribution in [0.3, 0.4) is 0 Å². The van der Waals surface area contributed by atoms with Crippen molar-refractivity contribution >= 4 is 0 Å². The zero-order chi connectivity index (χ0) is 8.27. The zero-order valence-corrected chi connectivity index (χ0v) is 7.80. The van der Waals surface area contributed by atoms with Gasteiger partial charge in [-0.05, 0) is 24.7 Å². The number of hydrogen-bond donors (Lipinski definition) is 0. The van der Waals surface area contributed by atoms with E-state index in [0.717, 1.165) is 11.8 Å². The minimum absolute atomic E-state index is 0.755. The van der Waals surface area contributed by atoms with Crippen molar-refractivity contribution in [1.29, 1.82) is 0 Å². The van der Waals surface area contributed by atoms with Crippen molar-refractivity contribution in [2.24, 2.45) is 11.8 Å². The molecule has 0 aromatic rings. The zero-order valence-electron chi connectivity index (χ0n) is 7.80. The Balaban J connectivity index is 2.43. The first-order chi connectivity index (χ1) is 5.18. The summed E-state index contributed by atoms with van der Waals surface area (Å²) in [6, 6.07) is 0. The molecule has 1 rings (SSSR count). The van der Waals surface area contributed by atoms with Crippen molar-refractivity contribution in [1.82, 2.24) is 0 Å². The van der Waals surface area contributed by atoms with Crippen LogP contribution in [0.25, 0.3) is 0 Å². The molecule has 0 aliphatic heterocycles. The lowest BCUT2D eigenvalue weighted by molar-refractivity contribution is 0.636. The van der Waals surface area contributed by atoms with Gasteiger partial charge in [-0.15, -0.1) is 0 Å². The molecule has 11 heavy (non-hydrogen) atoms. The van der Waals surface area contributed by atoms with E-state index >= 15 is 0 Å². The standard InChI is InChI=1S/C11H18/c1-9(2)8-11-6-4-10(3)5-7-11/h4,6-7,9-10H,5,8H2,1-3H3. The maximum Gasteiger partial charge on any atom is -0.0224 e. The summed E-state index contributed by atoms with van der Waals surface area (Å²) in [6.45, 7) is 6.80. The maximum absolute atomic E-state index is 2.38. The van der Waals surface area contributed by atoms with Gasteiger partial charge in [-0.25, -0.2) is 0 Å². The van der Waals surface area contributed by atoms with Gasteiger partial charge in [0.15, 0.2) is 0 Å². The number of hydrogen-bond acceptors (Lipinski definition) is 0. The predicted molar refractivity (Wildman–Crippen MR) is 50.5 cm³/mol. The Morgan fingerprint density at radius 1 is 1.55 bits per heavy atom. The molecule has 0 nitrogen and oxygen atoms in total. The Morgan fingerprint density at radius 2 is 2.27 bits per heavy atom. The van der Waals surface area contributed by atoms with Crippen molar-refractivity contribution in [2.75, 3.05) is 0 Å². The van der Waals surface area contributed by atoms with E-state index in [-0.39, 0.29) is 0 Å². The largest absolute Gasteiger partial charge is 0.0811 e. The van der Waals surface area contributed by atoms with Crippen LogP contribution in [0.1, 0.15) is 33.6 Å². The van der Waals surface area contributed by atoms with Crippen molar-refractivity contribution < 1.29 is 0 Å². The molecule has 0 aromatic carbocycles. The van der Waals surface area contributed by atoms with Crippen LogP contribution < -0.4 is 0 Å². The summed E-state index contributed by atoms with van der Waals surface area (Å²) in [5.74, 6) is 1.55. The highest BCUT2D eigenvalue weighted by atomic mass is 14.1. The van der Waals surface area contributed by atoms with Gasteiger partial charge in [-0.2, -0.15) is 0 Å². The smallest absolute Gasteiger partial charge is 0.0224 e. The lowest BCUT2D eigenvalue weighted by atomic mass is 9.93. The molecule has 62 valence electrons. The number of allylic oxidation sites excluding steroid dienone is 4. The van der Waals surface area contributed by atoms with Gasteiger partial charge >= 0.3 is 0 Å². The van der Waals surface area contributed by atoms with E-state index in [1.807, 2.05) is 0 Å². The second-order valence-electron chi connectivity index (χ2n) is 3.95. The Morgan fingerprint density at radius 3 is 2.73 bits per heavy atom. The molecule has 0 amide bonds. The van der Waals surface area contributed by atoms with Crippen LogP contribution in [0.15, 0.2) is 23.8 Å². The van der Waals surface area contributed by atoms with Crippen LogP contribution in [-0.2, 0) is 0 Å². The van der Waals surface area contributed by atoms with E-state index in [2.05, 4.69) is 39.0 Å². The molecule has 0 spiro atoms. The molecule has 0 bridgehead atoms. The minimum Gasteiger partial charge on any atom is -0.0811 e. The lowest BCUT2D eigenvalue weighted by Crippen LogP contribution is -1.97. The predicted octanol–water partition coefficient (Wildman–Crippen LogP) is 3.55. The molecule has 1 aliphatic carbocycles. The normalized spacial score (nSPS) is 24.0. The van der Waals surface area contributed by atoms with Gasteiger partial charge in [-0.1, -0.05) is 44.6 Å². The third-order valence-electron chi connectivity index (χ3n) is 2.03. The van der Waals surface area contributed by atoms with Crippen molar-refractivity contribution in [2.45, 2.75) is 33.6 Å². The second-order valence-corrected chi connectivity index (χ2v) is 3.95. The van der Waals surface area contributed by atoms with Gasteiger partial charge in [0.25, 0.3) is 0 Å². The van der Waals surface area contributed by atoms with Gasteiger partial charge in [0.2, 0.25) is 0 Å². The Kier molecular flexibility index (Phi) is 2.92. The molecular weight excluding hydrogens is 132 g/mol. The van der Waals surface area contributed by atoms with Crippen LogP contribution in [-0.4, -0.2) is 0 Å². The van der Waals surface area contributed by atoms with E-state index in [0.29, 0.717) is 0 Å². The first kappa shape index (κ1) is 8.58. The fraction of sp³-hybridized carbons (Fsp3) is 0.636. The van der Waals surface area contributed by atoms with Crippen LogP contribution in [0.2, 0.25) is 0 Å². The summed E-state index contributed by atoms with van der Waals surface area (Å²) < 4.78 is 0. The summed E-state index contributed by atoms with van der Waals surface area (Å²) in [7, 11) is 0. The SMILES string of the molecule is CC(C)CC1=CCC(C)C=C1. The van der Waals surface area contributed by atoms with Crippen LogP contribution >= 0.6 is 0 Å². The van der Waals surface area contributed by atoms with E-state index in [1.54, 1.807) is 0 Å². The molecule has 1 atom stereocenters. The third-order valence-corrected chi connectivity index (χ3v) is 2.03. The maximum atomic E-state index is 2.38. The molecule has 0 saturated carbocycles. The molecule has 1 aliphatic rings. The minimum atomic E-state index is 0.755. The number of rotatable bonds is 2. The first-order valence-electron chi connectivity index (χ1n) is 4.55. The molecule has 1 unspecified atom stereocenters. The summed E-state index contributed by atoms with van der Waals surface area (Å²) in [4.78, 5) is 0. The van der Waals surface area contributed by atoms with Gasteiger partial charge in [0, 0.05) is 0 Å². The van der Waals surface area contributed by atoms with Crippen LogP contribution in [0, 0.1) is 11.8 Å². The van der Waals surface area contributed by atoms with Crippen molar-refractivity contribution in [3.05, 3.63) is 23.8 Å². The summed E-state index contributed by atoms with van der Waals surface area (Å²) in [5.41, 5.74) is 1.53. The van der Waals surface area contributed by atoms with E-state index in [9.17, 15) is 0 Å². The first-order valence-corrected chi connectivity index (χ1v) is 4.55. The fourth-order valence-electron chi connectivity index (χ4n) is 1.39. The highest BCUT2D eigenvalue weighted by Crippen LogP contribution is 2.20. The summed E-state index contributed by atoms with van der Waals surface area (Å²) in [6.07, 6.45) is 9.46. The van der Waals surface area contributed by atoms with Crippen molar-refractivity contribution in [3.63, 3.8) is 0 Å². The van der Waals surface area contributed by atoms with E-state index < -0.39 is 0 Å². The summed E-state index contributed by atoms with van der Waals surface area (Å²) >= 11 is 0.